The average molecular weight is 434 g/mol. The number of guanidine groups is 1. The lowest BCUT2D eigenvalue weighted by molar-refractivity contribution is 0.260. The van der Waals surface area contributed by atoms with Gasteiger partial charge in [0.1, 0.15) is 12.0 Å². The Morgan fingerprint density at radius 2 is 2.00 bits per heavy atom. The summed E-state index contributed by atoms with van der Waals surface area (Å²) >= 11 is 0. The second-order valence-corrected chi connectivity index (χ2v) is 11.8. The highest BCUT2D eigenvalue weighted by Gasteiger charge is 2.29. The van der Waals surface area contributed by atoms with Gasteiger partial charge in [-0.25, -0.2) is 8.42 Å². The number of aromatic nitrogens is 1. The van der Waals surface area contributed by atoms with E-state index in [0.717, 1.165) is 5.96 Å². The van der Waals surface area contributed by atoms with Crippen LogP contribution in [0.5, 0.6) is 0 Å². The molecule has 1 saturated heterocycles. The van der Waals surface area contributed by atoms with Crippen LogP contribution >= 0.6 is 0 Å². The van der Waals surface area contributed by atoms with Crippen molar-refractivity contribution in [1.82, 2.24) is 19.7 Å². The molecule has 0 amide bonds. The Balaban J connectivity index is 1.92. The summed E-state index contributed by atoms with van der Waals surface area (Å²) in [7, 11) is -4.38. The van der Waals surface area contributed by atoms with Gasteiger partial charge in [0.25, 0.3) is 0 Å². The Morgan fingerprint density at radius 3 is 2.54 bits per heavy atom. The number of hydrogen-bond acceptors (Lipinski definition) is 6. The van der Waals surface area contributed by atoms with Crippen molar-refractivity contribution in [3.05, 3.63) is 18.0 Å². The van der Waals surface area contributed by atoms with Crippen molar-refractivity contribution < 1.29 is 17.1 Å². The number of rotatable bonds is 7. The minimum atomic E-state index is -3.43. The fourth-order valence-corrected chi connectivity index (χ4v) is 5.03. The smallest absolute Gasteiger partial charge is 0.220 e. The quantitative estimate of drug-likeness (QED) is 0.496. The number of nitrogens with one attached hydrogen (secondary N) is 1. The van der Waals surface area contributed by atoms with Crippen molar-refractivity contribution in [2.75, 3.05) is 45.0 Å². The molecule has 11 heteroatoms. The maximum atomic E-state index is 12.5. The molecule has 0 saturated carbocycles. The maximum absolute atomic E-state index is 12.5. The molecule has 1 atom stereocenters. The van der Waals surface area contributed by atoms with Gasteiger partial charge in [-0.15, -0.1) is 0 Å². The molecule has 9 nitrogen and oxygen atoms in total. The van der Waals surface area contributed by atoms with Crippen LogP contribution in [-0.2, 0) is 26.6 Å². The molecule has 1 unspecified atom stereocenters. The highest BCUT2D eigenvalue weighted by Crippen LogP contribution is 2.13. The molecule has 2 rings (SSSR count). The van der Waals surface area contributed by atoms with Crippen LogP contribution < -0.4 is 5.32 Å². The lowest BCUT2D eigenvalue weighted by Gasteiger charge is -2.35. The van der Waals surface area contributed by atoms with Crippen molar-refractivity contribution in [3.63, 3.8) is 0 Å². The van der Waals surface area contributed by atoms with E-state index in [1.807, 2.05) is 32.6 Å². The number of hydrogen-bond donors (Lipinski definition) is 1. The Labute approximate surface area is 170 Å². The van der Waals surface area contributed by atoms with E-state index < -0.39 is 20.8 Å². The minimum absolute atomic E-state index is 0.156. The van der Waals surface area contributed by atoms with Crippen molar-refractivity contribution in [2.45, 2.75) is 38.2 Å². The van der Waals surface area contributed by atoms with Gasteiger partial charge < -0.3 is 14.7 Å². The third kappa shape index (κ3) is 6.56. The van der Waals surface area contributed by atoms with Crippen molar-refractivity contribution in [1.29, 1.82) is 0 Å². The second-order valence-electron chi connectivity index (χ2n) is 7.53. The first-order valence-corrected chi connectivity index (χ1v) is 12.3. The Hall–Kier alpha value is -1.46. The molecule has 0 radical (unpaired) electrons. The molecule has 1 aliphatic heterocycles. The summed E-state index contributed by atoms with van der Waals surface area (Å²) < 4.78 is 43.2. The van der Waals surface area contributed by atoms with Crippen molar-refractivity contribution >= 4 is 26.8 Å². The molecule has 0 spiro atoms. The SMILES string of the molecule is CCNC(=NCCS(=O)C(C)(C)C)N1CCN(S(=O)(=O)Cc2ccon2)CC1. The number of piperazine rings is 1. The molecular formula is C17H31N5O4S2. The van der Waals surface area contributed by atoms with E-state index in [4.69, 9.17) is 4.52 Å². The summed E-state index contributed by atoms with van der Waals surface area (Å²) in [6, 6.07) is 1.56. The minimum Gasteiger partial charge on any atom is -0.364 e. The molecule has 1 aromatic rings. The van der Waals surface area contributed by atoms with Crippen LogP contribution in [0.2, 0.25) is 0 Å². The zero-order valence-corrected chi connectivity index (χ0v) is 18.7. The topological polar surface area (TPSA) is 108 Å². The lowest BCUT2D eigenvalue weighted by Crippen LogP contribution is -2.54. The highest BCUT2D eigenvalue weighted by atomic mass is 32.2. The van der Waals surface area contributed by atoms with Crippen molar-refractivity contribution in [3.8, 4) is 0 Å². The zero-order chi connectivity index (χ0) is 20.8. The van der Waals surface area contributed by atoms with Gasteiger partial charge in [-0.2, -0.15) is 4.31 Å². The van der Waals surface area contributed by atoms with Crippen LogP contribution in [0.3, 0.4) is 0 Å². The first-order chi connectivity index (χ1) is 13.1. The molecular weight excluding hydrogens is 402 g/mol. The van der Waals surface area contributed by atoms with E-state index in [0.29, 0.717) is 50.7 Å². The van der Waals surface area contributed by atoms with Crippen molar-refractivity contribution in [2.24, 2.45) is 4.99 Å². The second kappa shape index (κ2) is 9.84. The predicted molar refractivity (Wildman–Crippen MR) is 111 cm³/mol. The third-order valence-corrected chi connectivity index (χ3v) is 8.04. The van der Waals surface area contributed by atoms with E-state index in [-0.39, 0.29) is 10.5 Å². The molecule has 0 bridgehead atoms. The average Bonchev–Trinajstić information content (AvgIpc) is 3.12. The normalized spacial score (nSPS) is 18.3. The standard InChI is InChI=1S/C17H31N5O4S2/c1-5-18-16(19-7-13-27(23)17(2,3)4)21-8-10-22(11-9-21)28(24,25)14-15-6-12-26-20-15/h6,12H,5,7-11,13-14H2,1-4H3,(H,18,19). The molecule has 160 valence electrons. The molecule has 1 aliphatic rings. The van der Waals surface area contributed by atoms with Gasteiger partial charge in [0.15, 0.2) is 5.96 Å². The van der Waals surface area contributed by atoms with Crippen LogP contribution in [0, 0.1) is 0 Å². The highest BCUT2D eigenvalue weighted by molar-refractivity contribution is 7.88. The fraction of sp³-hybridized carbons (Fsp3) is 0.765. The summed E-state index contributed by atoms with van der Waals surface area (Å²) in [5.74, 6) is 1.09. The Morgan fingerprint density at radius 1 is 1.32 bits per heavy atom. The van der Waals surface area contributed by atoms with E-state index in [1.165, 1.54) is 10.6 Å². The predicted octanol–water partition coefficient (Wildman–Crippen LogP) is 0.635. The van der Waals surface area contributed by atoms with Crippen LogP contribution in [0.15, 0.2) is 21.8 Å². The Bertz CT molecular complexity index is 764. The van der Waals surface area contributed by atoms with Gasteiger partial charge in [0.05, 0.1) is 12.2 Å². The van der Waals surface area contributed by atoms with Gasteiger partial charge in [-0.3, -0.25) is 9.20 Å². The van der Waals surface area contributed by atoms with Crippen LogP contribution in [0.25, 0.3) is 0 Å². The number of sulfonamides is 1. The van der Waals surface area contributed by atoms with E-state index in [1.54, 1.807) is 6.07 Å². The monoisotopic (exact) mass is 433 g/mol. The fourth-order valence-electron chi connectivity index (χ4n) is 2.73. The van der Waals surface area contributed by atoms with Gasteiger partial charge in [-0.05, 0) is 27.7 Å². The van der Waals surface area contributed by atoms with Gasteiger partial charge in [0, 0.05) is 60.1 Å². The molecule has 2 heterocycles. The van der Waals surface area contributed by atoms with Gasteiger partial charge in [-0.1, -0.05) is 5.16 Å². The van der Waals surface area contributed by atoms with Crippen LogP contribution in [-0.4, -0.2) is 82.7 Å². The summed E-state index contributed by atoms with van der Waals surface area (Å²) in [5.41, 5.74) is 0.407. The summed E-state index contributed by atoms with van der Waals surface area (Å²) in [6.07, 6.45) is 1.37. The summed E-state index contributed by atoms with van der Waals surface area (Å²) in [4.78, 5) is 6.63. The van der Waals surface area contributed by atoms with Gasteiger partial charge >= 0.3 is 0 Å². The molecule has 28 heavy (non-hydrogen) atoms. The van der Waals surface area contributed by atoms with Gasteiger partial charge in [0.2, 0.25) is 10.0 Å². The first kappa shape index (κ1) is 22.8. The molecule has 1 aromatic heterocycles. The van der Waals surface area contributed by atoms with Crippen LogP contribution in [0.4, 0.5) is 0 Å². The van der Waals surface area contributed by atoms with E-state index >= 15 is 0 Å². The van der Waals surface area contributed by atoms with E-state index in [2.05, 4.69) is 15.5 Å². The number of aliphatic imine (C=N–C) groups is 1. The third-order valence-electron chi connectivity index (χ3n) is 4.31. The molecule has 1 N–H and O–H groups in total. The lowest BCUT2D eigenvalue weighted by atomic mass is 10.3. The molecule has 1 fully saturated rings. The zero-order valence-electron chi connectivity index (χ0n) is 17.0. The van der Waals surface area contributed by atoms with E-state index in [9.17, 15) is 12.6 Å². The Kier molecular flexibility index (Phi) is 8.02. The molecule has 0 aromatic carbocycles. The summed E-state index contributed by atoms with van der Waals surface area (Å²) in [6.45, 7) is 10.9. The maximum Gasteiger partial charge on any atom is 0.220 e. The number of nitrogens with zero attached hydrogens (tertiary/aromatic N) is 4. The first-order valence-electron chi connectivity index (χ1n) is 9.42. The molecule has 0 aliphatic carbocycles. The van der Waals surface area contributed by atoms with Crippen LogP contribution in [0.1, 0.15) is 33.4 Å². The largest absolute Gasteiger partial charge is 0.364 e. The summed E-state index contributed by atoms with van der Waals surface area (Å²) in [5, 5.41) is 6.92.